The second kappa shape index (κ2) is 8.15. The summed E-state index contributed by atoms with van der Waals surface area (Å²) in [4.78, 5) is 28.3. The first-order valence-corrected chi connectivity index (χ1v) is 11.5. The van der Waals surface area contributed by atoms with Crippen molar-refractivity contribution in [1.29, 1.82) is 0 Å². The van der Waals surface area contributed by atoms with Crippen LogP contribution >= 0.6 is 12.2 Å². The van der Waals surface area contributed by atoms with E-state index in [1.165, 1.54) is 0 Å². The van der Waals surface area contributed by atoms with Gasteiger partial charge in [-0.2, -0.15) is 0 Å². The fraction of sp³-hybridized carbons (Fsp3) is 0.208. The van der Waals surface area contributed by atoms with Crippen LogP contribution in [-0.4, -0.2) is 66.2 Å². The summed E-state index contributed by atoms with van der Waals surface area (Å²) >= 11 is 5.73. The molecule has 1 unspecified atom stereocenters. The molecule has 9 nitrogen and oxygen atoms in total. The second-order valence-electron chi connectivity index (χ2n) is 8.51. The third-order valence-corrected chi connectivity index (χ3v) is 6.60. The largest absolute Gasteiger partial charge is 0.391 e. The molecule has 1 aliphatic rings. The van der Waals surface area contributed by atoms with Gasteiger partial charge in [0, 0.05) is 35.8 Å². The number of hydrogen-bond acceptors (Lipinski definition) is 5. The molecule has 6 rings (SSSR count). The van der Waals surface area contributed by atoms with Crippen LogP contribution in [0.2, 0.25) is 0 Å². The molecule has 1 amide bonds. The van der Waals surface area contributed by atoms with Crippen LogP contribution in [-0.2, 0) is 4.79 Å². The number of carbonyl (C=O) groups is 1. The maximum atomic E-state index is 12.7. The van der Waals surface area contributed by atoms with Gasteiger partial charge >= 0.3 is 0 Å². The summed E-state index contributed by atoms with van der Waals surface area (Å²) in [6.45, 7) is 1.04. The number of hydrogen-bond donors (Lipinski definition) is 5. The summed E-state index contributed by atoms with van der Waals surface area (Å²) in [5.41, 5.74) is 5.49. The van der Waals surface area contributed by atoms with Crippen LogP contribution in [0.1, 0.15) is 6.42 Å². The Labute approximate surface area is 199 Å². The van der Waals surface area contributed by atoms with E-state index in [4.69, 9.17) is 12.2 Å². The summed E-state index contributed by atoms with van der Waals surface area (Å²) in [6.07, 6.45) is 3.74. The van der Waals surface area contributed by atoms with E-state index in [0.29, 0.717) is 30.1 Å². The summed E-state index contributed by atoms with van der Waals surface area (Å²) in [5, 5.41) is 14.1. The molecule has 172 valence electrons. The lowest BCUT2D eigenvalue weighted by Gasteiger charge is -2.17. The number of carbonyl (C=O) groups excluding carboxylic acids is 1. The number of H-pyrrole nitrogens is 3. The standard InChI is InChI=1S/C24H23N7O2S/c32-17-6-8-30(12-17)21(33)11-26-23-22(15-1-3-18-14(9-15)5-7-25-18)31(24(34)29-23)16-2-4-19-20(10-16)28-13-27-19/h1-5,7,9-10,13,17,25-26,32H,6,8,11-12H2,(H,27,28)(H,29,34). The van der Waals surface area contributed by atoms with Crippen molar-refractivity contribution in [3.05, 3.63) is 59.8 Å². The van der Waals surface area contributed by atoms with Gasteiger partial charge in [0.05, 0.1) is 41.4 Å². The van der Waals surface area contributed by atoms with Gasteiger partial charge in [0.1, 0.15) is 5.82 Å². The number of aliphatic hydroxyl groups excluding tert-OH is 1. The van der Waals surface area contributed by atoms with Crippen LogP contribution in [0.4, 0.5) is 5.82 Å². The highest BCUT2D eigenvalue weighted by atomic mass is 32.1. The second-order valence-corrected chi connectivity index (χ2v) is 8.90. The molecular formula is C24H23N7O2S. The highest BCUT2D eigenvalue weighted by molar-refractivity contribution is 7.71. The lowest BCUT2D eigenvalue weighted by Crippen LogP contribution is -2.34. The third-order valence-electron chi connectivity index (χ3n) is 6.32. The van der Waals surface area contributed by atoms with Gasteiger partial charge in [-0.05, 0) is 55.0 Å². The minimum Gasteiger partial charge on any atom is -0.391 e. The Morgan fingerprint density at radius 2 is 2.09 bits per heavy atom. The van der Waals surface area contributed by atoms with E-state index < -0.39 is 6.10 Å². The zero-order valence-corrected chi connectivity index (χ0v) is 19.0. The molecule has 0 bridgehead atoms. The number of aliphatic hydroxyl groups is 1. The van der Waals surface area contributed by atoms with Crippen molar-refractivity contribution in [3.8, 4) is 16.9 Å². The number of nitrogens with zero attached hydrogens (tertiary/aromatic N) is 3. The van der Waals surface area contributed by atoms with Gasteiger partial charge in [-0.3, -0.25) is 9.36 Å². The Hall–Kier alpha value is -3.89. The Morgan fingerprint density at radius 3 is 2.94 bits per heavy atom. The molecule has 5 aromatic rings. The monoisotopic (exact) mass is 473 g/mol. The van der Waals surface area contributed by atoms with Gasteiger partial charge in [-0.25, -0.2) is 4.98 Å². The van der Waals surface area contributed by atoms with Crippen LogP contribution in [0.3, 0.4) is 0 Å². The van der Waals surface area contributed by atoms with E-state index in [-0.39, 0.29) is 12.5 Å². The number of aromatic nitrogens is 5. The van der Waals surface area contributed by atoms with E-state index in [9.17, 15) is 9.90 Å². The maximum absolute atomic E-state index is 12.7. The van der Waals surface area contributed by atoms with E-state index in [1.807, 2.05) is 47.2 Å². The van der Waals surface area contributed by atoms with E-state index in [1.54, 1.807) is 11.2 Å². The number of fused-ring (bicyclic) bond motifs is 2. The van der Waals surface area contributed by atoms with Crippen molar-refractivity contribution in [2.75, 3.05) is 25.0 Å². The van der Waals surface area contributed by atoms with E-state index in [0.717, 1.165) is 38.9 Å². The smallest absolute Gasteiger partial charge is 0.242 e. The van der Waals surface area contributed by atoms with E-state index in [2.05, 4.69) is 31.3 Å². The number of aromatic amines is 3. The number of β-amino-alcohol motifs (C(OH)–C–C–N with tert-alkyl or cyclic N) is 1. The number of benzene rings is 2. The molecule has 4 heterocycles. The molecule has 0 radical (unpaired) electrons. The van der Waals surface area contributed by atoms with Crippen molar-refractivity contribution in [3.63, 3.8) is 0 Å². The Bertz CT molecular complexity index is 1580. The molecule has 0 aliphatic carbocycles. The lowest BCUT2D eigenvalue weighted by atomic mass is 10.1. The van der Waals surface area contributed by atoms with Crippen molar-refractivity contribution in [2.45, 2.75) is 12.5 Å². The SMILES string of the molecule is O=C(CNc1[nH]c(=S)n(-c2ccc3nc[nH]c3c2)c1-c1ccc2[nH]ccc2c1)N1CCC(O)C1. The van der Waals surface area contributed by atoms with Gasteiger partial charge < -0.3 is 30.3 Å². The van der Waals surface area contributed by atoms with Crippen molar-refractivity contribution in [1.82, 2.24) is 29.4 Å². The number of amides is 1. The summed E-state index contributed by atoms with van der Waals surface area (Å²) in [5.74, 6) is 0.604. The summed E-state index contributed by atoms with van der Waals surface area (Å²) in [7, 11) is 0. The number of nitrogens with one attached hydrogen (secondary N) is 4. The first-order chi connectivity index (χ1) is 16.6. The molecule has 0 saturated carbocycles. The number of imidazole rings is 2. The van der Waals surface area contributed by atoms with Gasteiger partial charge in [0.2, 0.25) is 5.91 Å². The Morgan fingerprint density at radius 1 is 1.18 bits per heavy atom. The first-order valence-electron chi connectivity index (χ1n) is 11.1. The van der Waals surface area contributed by atoms with Gasteiger partial charge in [-0.1, -0.05) is 6.07 Å². The molecular weight excluding hydrogens is 450 g/mol. The zero-order chi connectivity index (χ0) is 23.2. The molecule has 1 fully saturated rings. The minimum atomic E-state index is -0.447. The van der Waals surface area contributed by atoms with Crippen molar-refractivity contribution < 1.29 is 9.90 Å². The topological polar surface area (TPSA) is 118 Å². The molecule has 3 aromatic heterocycles. The Balaban J connectivity index is 1.43. The van der Waals surface area contributed by atoms with Crippen LogP contribution in [0, 0.1) is 4.77 Å². The highest BCUT2D eigenvalue weighted by Gasteiger charge is 2.25. The summed E-state index contributed by atoms with van der Waals surface area (Å²) < 4.78 is 2.48. The van der Waals surface area contributed by atoms with Crippen LogP contribution < -0.4 is 5.32 Å². The number of likely N-dealkylation sites (tertiary alicyclic amines) is 1. The molecule has 1 atom stereocenters. The summed E-state index contributed by atoms with van der Waals surface area (Å²) in [6, 6.07) is 14.1. The average molecular weight is 474 g/mol. The molecule has 1 saturated heterocycles. The predicted molar refractivity (Wildman–Crippen MR) is 134 cm³/mol. The van der Waals surface area contributed by atoms with Crippen molar-refractivity contribution in [2.24, 2.45) is 0 Å². The lowest BCUT2D eigenvalue weighted by molar-refractivity contribution is -0.128. The molecule has 1 aliphatic heterocycles. The first kappa shape index (κ1) is 20.7. The Kier molecular flexibility index (Phi) is 4.96. The van der Waals surface area contributed by atoms with E-state index >= 15 is 0 Å². The zero-order valence-electron chi connectivity index (χ0n) is 18.2. The maximum Gasteiger partial charge on any atom is 0.242 e. The predicted octanol–water partition coefficient (Wildman–Crippen LogP) is 3.56. The normalized spacial score (nSPS) is 16.0. The highest BCUT2D eigenvalue weighted by Crippen LogP contribution is 2.33. The fourth-order valence-electron chi connectivity index (χ4n) is 4.59. The molecule has 34 heavy (non-hydrogen) atoms. The van der Waals surface area contributed by atoms with Crippen LogP contribution in [0.15, 0.2) is 55.0 Å². The third kappa shape index (κ3) is 3.57. The molecule has 10 heteroatoms. The quantitative estimate of drug-likeness (QED) is 0.250. The van der Waals surface area contributed by atoms with Crippen LogP contribution in [0.5, 0.6) is 0 Å². The van der Waals surface area contributed by atoms with Gasteiger partial charge in [0.25, 0.3) is 0 Å². The molecule has 5 N–H and O–H groups in total. The average Bonchev–Trinajstić information content (AvgIpc) is 3.62. The molecule has 0 spiro atoms. The van der Waals surface area contributed by atoms with Crippen molar-refractivity contribution >= 4 is 45.9 Å². The number of rotatable bonds is 5. The fourth-order valence-corrected chi connectivity index (χ4v) is 4.89. The number of anilines is 1. The van der Waals surface area contributed by atoms with Crippen LogP contribution in [0.25, 0.3) is 38.9 Å². The molecule has 2 aromatic carbocycles. The van der Waals surface area contributed by atoms with Gasteiger partial charge in [-0.15, -0.1) is 0 Å². The minimum absolute atomic E-state index is 0.0606. The van der Waals surface area contributed by atoms with Gasteiger partial charge in [0.15, 0.2) is 4.77 Å².